The van der Waals surface area contributed by atoms with E-state index in [1.807, 2.05) is 27.7 Å². The molecule has 0 heterocycles. The predicted octanol–water partition coefficient (Wildman–Crippen LogP) is 11.1. The summed E-state index contributed by atoms with van der Waals surface area (Å²) in [6.07, 6.45) is 7.27. The van der Waals surface area contributed by atoms with Crippen molar-refractivity contribution in [1.82, 2.24) is 0 Å². The van der Waals surface area contributed by atoms with Crippen LogP contribution in [0.3, 0.4) is 0 Å². The molecule has 0 unspecified atom stereocenters. The molecule has 250 valence electrons. The van der Waals surface area contributed by atoms with Gasteiger partial charge in [-0.2, -0.15) is 0 Å². The summed E-state index contributed by atoms with van der Waals surface area (Å²) in [4.78, 5) is 0. The summed E-state index contributed by atoms with van der Waals surface area (Å²) in [5, 5.41) is 0. The molecule has 0 radical (unpaired) electrons. The fourth-order valence-corrected chi connectivity index (χ4v) is 2.09. The molecule has 0 aliphatic heterocycles. The molecular formula is C35H80O5. The van der Waals surface area contributed by atoms with E-state index in [0.29, 0.717) is 0 Å². The van der Waals surface area contributed by atoms with Crippen molar-refractivity contribution in [3.05, 3.63) is 0 Å². The SMILES string of the molecule is CCCCCOC(C)(C)C.CCCCOC(C)(C)C.CCCOC(C)(C)C.CCOC(C)(C)C.COC(C)(C)C. The van der Waals surface area contributed by atoms with Gasteiger partial charge in [0.15, 0.2) is 0 Å². The van der Waals surface area contributed by atoms with Crippen molar-refractivity contribution >= 4 is 0 Å². The molecule has 0 saturated carbocycles. The Balaban J connectivity index is -0.000000129. The Kier molecular flexibility index (Phi) is 34.2. The molecule has 0 aliphatic carbocycles. The van der Waals surface area contributed by atoms with Gasteiger partial charge in [-0.05, 0) is 130 Å². The molecule has 0 rings (SSSR count). The summed E-state index contributed by atoms with van der Waals surface area (Å²) in [6.45, 7) is 43.0. The number of hydrogen-bond donors (Lipinski definition) is 0. The van der Waals surface area contributed by atoms with Crippen molar-refractivity contribution in [1.29, 1.82) is 0 Å². The van der Waals surface area contributed by atoms with Gasteiger partial charge in [0.1, 0.15) is 0 Å². The van der Waals surface area contributed by atoms with Gasteiger partial charge >= 0.3 is 0 Å². The van der Waals surface area contributed by atoms with Gasteiger partial charge in [0, 0.05) is 33.5 Å². The topological polar surface area (TPSA) is 46.2 Å². The van der Waals surface area contributed by atoms with Crippen molar-refractivity contribution in [3.8, 4) is 0 Å². The lowest BCUT2D eigenvalue weighted by Crippen LogP contribution is -2.19. The standard InChI is InChI=1S/C9H20O.C8H18O.C7H16O.C6H14O.C5H12O/c1-5-6-7-8-10-9(2,3)4;1-5-6-7-9-8(2,3)4;1-5-6-8-7(2,3)4;1-5-7-6(2,3)4;1-5(2,3)6-4/h5-8H2,1-4H3;5-7H2,1-4H3;5-6H2,1-4H3;5H2,1-4H3;1-4H3. The Labute approximate surface area is 255 Å². The Morgan fingerprint density at radius 3 is 0.825 bits per heavy atom. The first kappa shape index (κ1) is 49.5. The second-order valence-electron chi connectivity index (χ2n) is 14.8. The largest absolute Gasteiger partial charge is 0.379 e. The van der Waals surface area contributed by atoms with E-state index >= 15 is 0 Å². The van der Waals surface area contributed by atoms with E-state index in [-0.39, 0.29) is 28.0 Å². The van der Waals surface area contributed by atoms with Gasteiger partial charge < -0.3 is 23.7 Å². The molecule has 0 amide bonds. The molecule has 0 saturated heterocycles. The van der Waals surface area contributed by atoms with Crippen molar-refractivity contribution in [2.24, 2.45) is 0 Å². The number of rotatable bonds is 10. The highest BCUT2D eigenvalue weighted by Gasteiger charge is 2.09. The van der Waals surface area contributed by atoms with Crippen LogP contribution in [-0.4, -0.2) is 61.5 Å². The molecule has 0 aromatic rings. The summed E-state index contributed by atoms with van der Waals surface area (Å²) < 4.78 is 26.5. The summed E-state index contributed by atoms with van der Waals surface area (Å²) in [5.41, 5.74) is 0.244. The zero-order valence-electron chi connectivity index (χ0n) is 31.6. The van der Waals surface area contributed by atoms with Crippen LogP contribution in [0.15, 0.2) is 0 Å². The van der Waals surface area contributed by atoms with Crippen molar-refractivity contribution < 1.29 is 23.7 Å². The maximum absolute atomic E-state index is 5.53. The Morgan fingerprint density at radius 1 is 0.350 bits per heavy atom. The first-order chi connectivity index (χ1) is 17.8. The van der Waals surface area contributed by atoms with E-state index < -0.39 is 0 Å². The van der Waals surface area contributed by atoms with Crippen LogP contribution in [0.5, 0.6) is 0 Å². The smallest absolute Gasteiger partial charge is 0.0598 e. The molecule has 40 heavy (non-hydrogen) atoms. The lowest BCUT2D eigenvalue weighted by molar-refractivity contribution is -0.00482. The van der Waals surface area contributed by atoms with Crippen LogP contribution in [0, 0.1) is 0 Å². The van der Waals surface area contributed by atoms with E-state index in [0.717, 1.165) is 32.8 Å². The highest BCUT2D eigenvalue weighted by atomic mass is 16.5. The fraction of sp³-hybridized carbons (Fsp3) is 1.00. The molecule has 0 atom stereocenters. The van der Waals surface area contributed by atoms with E-state index in [1.165, 1.54) is 32.1 Å². The monoisotopic (exact) mass is 581 g/mol. The van der Waals surface area contributed by atoms with Crippen LogP contribution in [0.2, 0.25) is 0 Å². The summed E-state index contributed by atoms with van der Waals surface area (Å²) >= 11 is 0. The van der Waals surface area contributed by atoms with Crippen LogP contribution in [0.25, 0.3) is 0 Å². The minimum atomic E-state index is 0.0417. The maximum atomic E-state index is 5.53. The molecule has 0 aromatic carbocycles. The van der Waals surface area contributed by atoms with E-state index in [9.17, 15) is 0 Å². The summed E-state index contributed by atoms with van der Waals surface area (Å²) in [5.74, 6) is 0. The second-order valence-corrected chi connectivity index (χ2v) is 14.8. The average Bonchev–Trinajstić information content (AvgIpc) is 2.74. The van der Waals surface area contributed by atoms with Gasteiger partial charge in [-0.25, -0.2) is 0 Å². The Hall–Kier alpha value is -0.200. The third kappa shape index (κ3) is 83.2. The molecule has 0 spiro atoms. The van der Waals surface area contributed by atoms with Crippen molar-refractivity contribution in [3.63, 3.8) is 0 Å². The first-order valence-electron chi connectivity index (χ1n) is 15.9. The zero-order chi connectivity index (χ0) is 33.1. The lowest BCUT2D eigenvalue weighted by atomic mass is 10.2. The number of methoxy groups -OCH3 is 1. The van der Waals surface area contributed by atoms with Gasteiger partial charge in [0.05, 0.1) is 28.0 Å². The van der Waals surface area contributed by atoms with E-state index in [1.54, 1.807) is 7.11 Å². The number of hydrogen-bond acceptors (Lipinski definition) is 5. The third-order valence-corrected chi connectivity index (χ3v) is 4.24. The molecule has 0 aromatic heterocycles. The van der Waals surface area contributed by atoms with Gasteiger partial charge in [-0.15, -0.1) is 0 Å². The van der Waals surface area contributed by atoms with Gasteiger partial charge in [0.2, 0.25) is 0 Å². The second kappa shape index (κ2) is 27.6. The summed E-state index contributed by atoms with van der Waals surface area (Å²) in [6, 6.07) is 0. The van der Waals surface area contributed by atoms with Crippen LogP contribution in [-0.2, 0) is 23.7 Å². The van der Waals surface area contributed by atoms with Crippen LogP contribution < -0.4 is 0 Å². The number of ether oxygens (including phenoxy) is 5. The highest BCUT2D eigenvalue weighted by molar-refractivity contribution is 4.59. The molecule has 0 fully saturated rings. The Morgan fingerprint density at radius 2 is 0.650 bits per heavy atom. The molecular weight excluding hydrogens is 500 g/mol. The quantitative estimate of drug-likeness (QED) is 0.240. The molecule has 5 heteroatoms. The number of unbranched alkanes of at least 4 members (excludes halogenated alkanes) is 3. The normalized spacial score (nSPS) is 12.0. The van der Waals surface area contributed by atoms with Gasteiger partial charge in [-0.3, -0.25) is 0 Å². The highest BCUT2D eigenvalue weighted by Crippen LogP contribution is 2.09. The molecule has 5 nitrogen and oxygen atoms in total. The first-order valence-corrected chi connectivity index (χ1v) is 15.9. The van der Waals surface area contributed by atoms with E-state index in [4.69, 9.17) is 23.7 Å². The average molecular weight is 581 g/mol. The maximum Gasteiger partial charge on any atom is 0.0598 e. The summed E-state index contributed by atoms with van der Waals surface area (Å²) in [7, 11) is 1.71. The molecule has 0 bridgehead atoms. The van der Waals surface area contributed by atoms with Crippen molar-refractivity contribution in [2.45, 2.75) is 198 Å². The predicted molar refractivity (Wildman–Crippen MR) is 180 cm³/mol. The van der Waals surface area contributed by atoms with Crippen LogP contribution in [0.1, 0.15) is 170 Å². The minimum absolute atomic E-state index is 0.0417. The van der Waals surface area contributed by atoms with E-state index in [2.05, 4.69) is 104 Å². The zero-order valence-corrected chi connectivity index (χ0v) is 31.6. The fourth-order valence-electron chi connectivity index (χ4n) is 2.09. The van der Waals surface area contributed by atoms with Crippen molar-refractivity contribution in [2.75, 3.05) is 33.5 Å². The van der Waals surface area contributed by atoms with Gasteiger partial charge in [-0.1, -0.05) is 40.0 Å². The third-order valence-electron chi connectivity index (χ3n) is 4.24. The molecule has 0 aliphatic rings. The Bertz CT molecular complexity index is 468. The lowest BCUT2D eigenvalue weighted by Gasteiger charge is -2.19. The van der Waals surface area contributed by atoms with Crippen LogP contribution in [0.4, 0.5) is 0 Å². The molecule has 0 N–H and O–H groups in total. The van der Waals surface area contributed by atoms with Gasteiger partial charge in [0.25, 0.3) is 0 Å². The van der Waals surface area contributed by atoms with Crippen LogP contribution >= 0.6 is 0 Å². The minimum Gasteiger partial charge on any atom is -0.379 e.